The largest absolute Gasteiger partial charge is 0.493 e. The van der Waals surface area contributed by atoms with E-state index in [1.165, 1.54) is 12.1 Å². The Morgan fingerprint density at radius 1 is 1.10 bits per heavy atom. The van der Waals surface area contributed by atoms with Crippen LogP contribution in [0.5, 0.6) is 11.5 Å². The molecule has 0 spiro atoms. The third-order valence-electron chi connectivity index (χ3n) is 4.59. The van der Waals surface area contributed by atoms with E-state index < -0.39 is 0 Å². The summed E-state index contributed by atoms with van der Waals surface area (Å²) in [5, 5.41) is 6.05. The summed E-state index contributed by atoms with van der Waals surface area (Å²) in [6, 6.07) is 11.9. The van der Waals surface area contributed by atoms with Crippen molar-refractivity contribution in [1.82, 2.24) is 10.6 Å². The van der Waals surface area contributed by atoms with Gasteiger partial charge in [0.25, 0.3) is 0 Å². The molecule has 158 valence electrons. The van der Waals surface area contributed by atoms with Crippen molar-refractivity contribution in [2.75, 3.05) is 20.7 Å². The molecule has 2 aromatic rings. The van der Waals surface area contributed by atoms with Gasteiger partial charge in [-0.2, -0.15) is 0 Å². The molecule has 29 heavy (non-hydrogen) atoms. The maximum absolute atomic E-state index is 13.3. The van der Waals surface area contributed by atoms with E-state index in [1.54, 1.807) is 20.2 Å². The molecule has 0 aliphatic rings. The van der Waals surface area contributed by atoms with Crippen LogP contribution in [0.1, 0.15) is 31.4 Å². The topological polar surface area (TPSA) is 59.6 Å². The van der Waals surface area contributed by atoms with Crippen LogP contribution in [0.25, 0.3) is 0 Å². The minimum absolute atomic E-state index is 0.0115. The van der Waals surface area contributed by atoms with Gasteiger partial charge in [0.15, 0.2) is 11.5 Å². The van der Waals surface area contributed by atoms with Crippen molar-refractivity contribution in [3.05, 3.63) is 59.4 Å². The number of methoxy groups -OCH3 is 1. The Bertz CT molecular complexity index is 795. The van der Waals surface area contributed by atoms with Gasteiger partial charge in [-0.05, 0) is 60.7 Å². The summed E-state index contributed by atoms with van der Waals surface area (Å²) in [5.74, 6) is 1.39. The Kier molecular flexibility index (Phi) is 8.93. The average Bonchev–Trinajstić information content (AvgIpc) is 2.71. The highest BCUT2D eigenvalue weighted by Gasteiger charge is 2.17. The van der Waals surface area contributed by atoms with Gasteiger partial charge in [-0.3, -0.25) is 4.79 Å². The van der Waals surface area contributed by atoms with Crippen LogP contribution in [0, 0.1) is 11.7 Å². The van der Waals surface area contributed by atoms with E-state index in [9.17, 15) is 9.18 Å². The summed E-state index contributed by atoms with van der Waals surface area (Å²) in [7, 11) is 3.25. The SMILES string of the molecule is CNC(=O)[C@H](CC(C)C)NCCc1ccc(OCc2cccc(F)c2)c(OC)c1. The van der Waals surface area contributed by atoms with Gasteiger partial charge in [0.05, 0.1) is 13.2 Å². The standard InChI is InChI=1S/C23H31FN2O3/c1-16(2)12-20(23(27)25-3)26-11-10-17-8-9-21(22(14-17)28-4)29-15-18-6-5-7-19(24)13-18/h5-9,13-14,16,20,26H,10-12,15H2,1-4H3,(H,25,27)/t20-/m0/s1. The third kappa shape index (κ3) is 7.38. The molecular weight excluding hydrogens is 371 g/mol. The summed E-state index contributed by atoms with van der Waals surface area (Å²) in [4.78, 5) is 12.0. The molecule has 6 heteroatoms. The van der Waals surface area contributed by atoms with Gasteiger partial charge in [0, 0.05) is 7.05 Å². The van der Waals surface area contributed by atoms with E-state index in [0.29, 0.717) is 24.0 Å². The predicted molar refractivity (Wildman–Crippen MR) is 113 cm³/mol. The van der Waals surface area contributed by atoms with E-state index in [2.05, 4.69) is 24.5 Å². The van der Waals surface area contributed by atoms with Crippen LogP contribution in [0.3, 0.4) is 0 Å². The van der Waals surface area contributed by atoms with Gasteiger partial charge in [-0.15, -0.1) is 0 Å². The summed E-state index contributed by atoms with van der Waals surface area (Å²) >= 11 is 0. The molecule has 0 saturated heterocycles. The number of likely N-dealkylation sites (N-methyl/N-ethyl adjacent to an activating group) is 1. The molecule has 0 aliphatic heterocycles. The number of hydrogen-bond acceptors (Lipinski definition) is 4. The highest BCUT2D eigenvalue weighted by molar-refractivity contribution is 5.81. The number of halogens is 1. The minimum Gasteiger partial charge on any atom is -0.493 e. The van der Waals surface area contributed by atoms with Gasteiger partial charge < -0.3 is 20.1 Å². The van der Waals surface area contributed by atoms with Gasteiger partial charge in [-0.25, -0.2) is 4.39 Å². The number of hydrogen-bond donors (Lipinski definition) is 2. The second-order valence-corrected chi connectivity index (χ2v) is 7.40. The monoisotopic (exact) mass is 402 g/mol. The number of rotatable bonds is 11. The average molecular weight is 403 g/mol. The zero-order valence-electron chi connectivity index (χ0n) is 17.6. The Balaban J connectivity index is 1.94. The van der Waals surface area contributed by atoms with Crippen molar-refractivity contribution in [2.24, 2.45) is 5.92 Å². The molecule has 0 radical (unpaired) electrons. The summed E-state index contributed by atoms with van der Waals surface area (Å²) in [6.07, 6.45) is 1.54. The molecule has 2 N–H and O–H groups in total. The van der Waals surface area contributed by atoms with Crippen molar-refractivity contribution < 1.29 is 18.7 Å². The van der Waals surface area contributed by atoms with Crippen molar-refractivity contribution in [3.63, 3.8) is 0 Å². The van der Waals surface area contributed by atoms with Crippen molar-refractivity contribution in [1.29, 1.82) is 0 Å². The quantitative estimate of drug-likeness (QED) is 0.602. The fourth-order valence-electron chi connectivity index (χ4n) is 3.09. The predicted octanol–water partition coefficient (Wildman–Crippen LogP) is 3.71. The van der Waals surface area contributed by atoms with Gasteiger partial charge in [0.2, 0.25) is 5.91 Å². The van der Waals surface area contributed by atoms with Crippen LogP contribution >= 0.6 is 0 Å². The van der Waals surface area contributed by atoms with E-state index >= 15 is 0 Å². The molecule has 0 saturated carbocycles. The number of ether oxygens (including phenoxy) is 2. The maximum Gasteiger partial charge on any atom is 0.236 e. The molecule has 1 amide bonds. The second kappa shape index (κ2) is 11.4. The van der Waals surface area contributed by atoms with E-state index in [-0.39, 0.29) is 24.4 Å². The Hall–Kier alpha value is -2.60. The van der Waals surface area contributed by atoms with E-state index in [1.807, 2.05) is 24.3 Å². The van der Waals surface area contributed by atoms with Crippen molar-refractivity contribution in [2.45, 2.75) is 39.3 Å². The van der Waals surface area contributed by atoms with Crippen LogP contribution < -0.4 is 20.1 Å². The maximum atomic E-state index is 13.3. The van der Waals surface area contributed by atoms with Crippen molar-refractivity contribution >= 4 is 5.91 Å². The summed E-state index contributed by atoms with van der Waals surface area (Å²) in [6.45, 7) is 5.14. The molecule has 0 aromatic heterocycles. The second-order valence-electron chi connectivity index (χ2n) is 7.40. The molecule has 0 fully saturated rings. The minimum atomic E-state index is -0.284. The molecule has 5 nitrogen and oxygen atoms in total. The first-order chi connectivity index (χ1) is 13.9. The summed E-state index contributed by atoms with van der Waals surface area (Å²) < 4.78 is 24.5. The third-order valence-corrected chi connectivity index (χ3v) is 4.59. The van der Waals surface area contributed by atoms with E-state index in [0.717, 1.165) is 24.0 Å². The smallest absolute Gasteiger partial charge is 0.236 e. The zero-order chi connectivity index (χ0) is 21.2. The number of carbonyl (C=O) groups excluding carboxylic acids is 1. The molecule has 2 aromatic carbocycles. The summed E-state index contributed by atoms with van der Waals surface area (Å²) in [5.41, 5.74) is 1.83. The van der Waals surface area contributed by atoms with Crippen LogP contribution in [0.2, 0.25) is 0 Å². The first-order valence-corrected chi connectivity index (χ1v) is 9.92. The van der Waals surface area contributed by atoms with Crippen LogP contribution in [-0.2, 0) is 17.8 Å². The molecule has 1 atom stereocenters. The normalized spacial score (nSPS) is 11.9. The number of amides is 1. The first kappa shape index (κ1) is 22.7. The molecule has 0 aliphatic carbocycles. The fourth-order valence-corrected chi connectivity index (χ4v) is 3.09. The Labute approximate surface area is 172 Å². The van der Waals surface area contributed by atoms with Crippen LogP contribution in [0.4, 0.5) is 4.39 Å². The molecule has 2 rings (SSSR count). The number of carbonyl (C=O) groups is 1. The van der Waals surface area contributed by atoms with Crippen molar-refractivity contribution in [3.8, 4) is 11.5 Å². The first-order valence-electron chi connectivity index (χ1n) is 9.92. The molecular formula is C23H31FN2O3. The Morgan fingerprint density at radius 3 is 2.55 bits per heavy atom. The van der Waals surface area contributed by atoms with Crippen LogP contribution in [-0.4, -0.2) is 32.7 Å². The Morgan fingerprint density at radius 2 is 1.90 bits per heavy atom. The zero-order valence-corrected chi connectivity index (χ0v) is 17.6. The lowest BCUT2D eigenvalue weighted by Gasteiger charge is -2.19. The van der Waals surface area contributed by atoms with Gasteiger partial charge in [0.1, 0.15) is 12.4 Å². The lowest BCUT2D eigenvalue weighted by Crippen LogP contribution is -2.44. The lowest BCUT2D eigenvalue weighted by molar-refractivity contribution is -0.123. The van der Waals surface area contributed by atoms with Crippen LogP contribution in [0.15, 0.2) is 42.5 Å². The molecule has 0 unspecified atom stereocenters. The lowest BCUT2D eigenvalue weighted by atomic mass is 10.0. The van der Waals surface area contributed by atoms with Gasteiger partial charge >= 0.3 is 0 Å². The fraction of sp³-hybridized carbons (Fsp3) is 0.435. The highest BCUT2D eigenvalue weighted by atomic mass is 19.1. The molecule has 0 bridgehead atoms. The van der Waals surface area contributed by atoms with Gasteiger partial charge in [-0.1, -0.05) is 32.0 Å². The number of benzene rings is 2. The highest BCUT2D eigenvalue weighted by Crippen LogP contribution is 2.29. The van der Waals surface area contributed by atoms with E-state index in [4.69, 9.17) is 9.47 Å². The molecule has 0 heterocycles. The number of nitrogens with one attached hydrogen (secondary N) is 2.